The highest BCUT2D eigenvalue weighted by molar-refractivity contribution is 5.75. The fourth-order valence-electron chi connectivity index (χ4n) is 2.34. The molecule has 0 bridgehead atoms. The summed E-state index contributed by atoms with van der Waals surface area (Å²) < 4.78 is 22.1. The van der Waals surface area contributed by atoms with Crippen LogP contribution in [0.1, 0.15) is 5.56 Å². The lowest BCUT2D eigenvalue weighted by Gasteiger charge is -2.38. The molecule has 0 aliphatic heterocycles. The van der Waals surface area contributed by atoms with Crippen molar-refractivity contribution in [3.8, 4) is 0 Å². The molecular weight excluding hydrogens is 256 g/mol. The zero-order chi connectivity index (χ0) is 14.6. The van der Waals surface area contributed by atoms with Crippen LogP contribution in [0.15, 0.2) is 48.6 Å². The third-order valence-electron chi connectivity index (χ3n) is 3.59. The van der Waals surface area contributed by atoms with E-state index in [2.05, 4.69) is 0 Å². The van der Waals surface area contributed by atoms with Gasteiger partial charge in [-0.15, -0.1) is 0 Å². The molecule has 0 fully saturated rings. The summed E-state index contributed by atoms with van der Waals surface area (Å²) in [7, 11) is 6.41. The molecule has 0 saturated carbocycles. The Morgan fingerprint density at radius 2 is 1.35 bits per heavy atom. The minimum Gasteiger partial charge on any atom is -0.346 e. The van der Waals surface area contributed by atoms with Crippen LogP contribution in [0.25, 0.3) is 5.57 Å². The lowest BCUT2D eigenvalue weighted by molar-refractivity contribution is -0.154. The first-order chi connectivity index (χ1) is 9.65. The van der Waals surface area contributed by atoms with Gasteiger partial charge in [-0.3, -0.25) is 0 Å². The topological polar surface area (TPSA) is 36.9 Å². The lowest BCUT2D eigenvalue weighted by Crippen LogP contribution is -2.41. The van der Waals surface area contributed by atoms with Crippen molar-refractivity contribution in [2.24, 2.45) is 0 Å². The number of hydrogen-bond donors (Lipinski definition) is 0. The zero-order valence-electron chi connectivity index (χ0n) is 12.3. The Morgan fingerprint density at radius 1 is 0.750 bits per heavy atom. The van der Waals surface area contributed by atoms with Crippen LogP contribution in [0.2, 0.25) is 0 Å². The van der Waals surface area contributed by atoms with E-state index < -0.39 is 11.6 Å². The van der Waals surface area contributed by atoms with Gasteiger partial charge >= 0.3 is 0 Å². The molecule has 0 spiro atoms. The SMILES string of the molecule is COC1(OC)C=CC(OC)(OC)C(c2ccccc2)=C1. The molecule has 4 heteroatoms. The summed E-state index contributed by atoms with van der Waals surface area (Å²) in [5, 5.41) is 0. The van der Waals surface area contributed by atoms with Crippen LogP contribution < -0.4 is 0 Å². The quantitative estimate of drug-likeness (QED) is 0.612. The Labute approximate surface area is 119 Å². The average Bonchev–Trinajstić information content (AvgIpc) is 2.55. The molecule has 0 aromatic heterocycles. The standard InChI is InChI=1S/C16H20O4/c1-17-15(18-2)10-11-16(19-3,20-4)14(12-15)13-8-6-5-7-9-13/h5-12H,1-4H3. The van der Waals surface area contributed by atoms with E-state index >= 15 is 0 Å². The van der Waals surface area contributed by atoms with Crippen LogP contribution in [-0.4, -0.2) is 40.0 Å². The predicted molar refractivity (Wildman–Crippen MR) is 77.1 cm³/mol. The summed E-state index contributed by atoms with van der Waals surface area (Å²) in [6.45, 7) is 0. The first-order valence-electron chi connectivity index (χ1n) is 6.35. The first-order valence-corrected chi connectivity index (χ1v) is 6.35. The fraction of sp³-hybridized carbons (Fsp3) is 0.375. The molecule has 1 aliphatic rings. The Bertz CT molecular complexity index is 496. The summed E-state index contributed by atoms with van der Waals surface area (Å²) in [6, 6.07) is 9.88. The molecule has 0 heterocycles. The maximum Gasteiger partial charge on any atom is 0.215 e. The van der Waals surface area contributed by atoms with E-state index in [1.807, 2.05) is 42.5 Å². The smallest absolute Gasteiger partial charge is 0.215 e. The van der Waals surface area contributed by atoms with E-state index in [0.717, 1.165) is 11.1 Å². The minimum atomic E-state index is -0.943. The van der Waals surface area contributed by atoms with Crippen molar-refractivity contribution in [1.29, 1.82) is 0 Å². The van der Waals surface area contributed by atoms with Crippen LogP contribution in [0.3, 0.4) is 0 Å². The molecule has 20 heavy (non-hydrogen) atoms. The molecule has 0 atom stereocenters. The molecule has 1 aliphatic carbocycles. The molecule has 2 rings (SSSR count). The van der Waals surface area contributed by atoms with Crippen molar-refractivity contribution >= 4 is 5.57 Å². The number of ether oxygens (including phenoxy) is 4. The van der Waals surface area contributed by atoms with Crippen LogP contribution in [0.5, 0.6) is 0 Å². The maximum atomic E-state index is 5.59. The summed E-state index contributed by atoms with van der Waals surface area (Å²) >= 11 is 0. The van der Waals surface area contributed by atoms with Gasteiger partial charge in [0.15, 0.2) is 0 Å². The number of hydrogen-bond acceptors (Lipinski definition) is 4. The number of rotatable bonds is 5. The highest BCUT2D eigenvalue weighted by Gasteiger charge is 2.41. The van der Waals surface area contributed by atoms with Gasteiger partial charge < -0.3 is 18.9 Å². The summed E-state index contributed by atoms with van der Waals surface area (Å²) in [6.07, 6.45) is 5.46. The summed E-state index contributed by atoms with van der Waals surface area (Å²) in [5.41, 5.74) is 1.83. The van der Waals surface area contributed by atoms with E-state index in [-0.39, 0.29) is 0 Å². The van der Waals surface area contributed by atoms with Gasteiger partial charge in [0.05, 0.1) is 0 Å². The van der Waals surface area contributed by atoms with E-state index in [1.54, 1.807) is 34.5 Å². The van der Waals surface area contributed by atoms with Crippen molar-refractivity contribution in [1.82, 2.24) is 0 Å². The number of methoxy groups -OCH3 is 4. The van der Waals surface area contributed by atoms with Crippen LogP contribution in [0.4, 0.5) is 0 Å². The molecular formula is C16H20O4. The third-order valence-corrected chi connectivity index (χ3v) is 3.59. The van der Waals surface area contributed by atoms with Gasteiger partial charge in [-0.1, -0.05) is 30.3 Å². The van der Waals surface area contributed by atoms with Crippen LogP contribution >= 0.6 is 0 Å². The predicted octanol–water partition coefficient (Wildman–Crippen LogP) is 2.62. The summed E-state index contributed by atoms with van der Waals surface area (Å²) in [5.74, 6) is -1.85. The molecule has 0 amide bonds. The Hall–Kier alpha value is -1.46. The van der Waals surface area contributed by atoms with Crippen molar-refractivity contribution < 1.29 is 18.9 Å². The van der Waals surface area contributed by atoms with Gasteiger partial charge in [-0.05, 0) is 23.8 Å². The van der Waals surface area contributed by atoms with Crippen LogP contribution in [-0.2, 0) is 18.9 Å². The van der Waals surface area contributed by atoms with Crippen molar-refractivity contribution in [3.05, 3.63) is 54.1 Å². The highest BCUT2D eigenvalue weighted by Crippen LogP contribution is 2.39. The van der Waals surface area contributed by atoms with Gasteiger partial charge in [0.1, 0.15) is 0 Å². The van der Waals surface area contributed by atoms with Crippen LogP contribution in [0, 0.1) is 0 Å². The third kappa shape index (κ3) is 2.43. The Kier molecular flexibility index (Phi) is 4.40. The molecule has 0 radical (unpaired) electrons. The Balaban J connectivity index is 2.57. The first kappa shape index (κ1) is 14.9. The number of benzene rings is 1. The largest absolute Gasteiger partial charge is 0.346 e. The Morgan fingerprint density at radius 3 is 1.85 bits per heavy atom. The molecule has 108 valence electrons. The second kappa shape index (κ2) is 5.89. The minimum absolute atomic E-state index is 0.842. The summed E-state index contributed by atoms with van der Waals surface area (Å²) in [4.78, 5) is 0. The molecule has 0 N–H and O–H groups in total. The molecule has 0 unspecified atom stereocenters. The molecule has 0 saturated heterocycles. The average molecular weight is 276 g/mol. The van der Waals surface area contributed by atoms with Gasteiger partial charge in [0.2, 0.25) is 11.6 Å². The fourth-order valence-corrected chi connectivity index (χ4v) is 2.34. The van der Waals surface area contributed by atoms with Crippen molar-refractivity contribution in [2.75, 3.05) is 28.4 Å². The molecule has 1 aromatic carbocycles. The van der Waals surface area contributed by atoms with Gasteiger partial charge in [0, 0.05) is 34.0 Å². The monoisotopic (exact) mass is 276 g/mol. The maximum absolute atomic E-state index is 5.59. The van der Waals surface area contributed by atoms with Gasteiger partial charge in [0.25, 0.3) is 0 Å². The molecule has 4 nitrogen and oxygen atoms in total. The second-order valence-corrected chi connectivity index (χ2v) is 4.46. The van der Waals surface area contributed by atoms with Crippen molar-refractivity contribution in [2.45, 2.75) is 11.6 Å². The normalized spacial score (nSPS) is 19.7. The zero-order valence-corrected chi connectivity index (χ0v) is 12.3. The molecule has 1 aromatic rings. The lowest BCUT2D eigenvalue weighted by atomic mass is 9.89. The highest BCUT2D eigenvalue weighted by atomic mass is 16.7. The van der Waals surface area contributed by atoms with Gasteiger partial charge in [-0.2, -0.15) is 0 Å². The van der Waals surface area contributed by atoms with E-state index in [1.165, 1.54) is 0 Å². The van der Waals surface area contributed by atoms with E-state index in [0.29, 0.717) is 0 Å². The van der Waals surface area contributed by atoms with E-state index in [9.17, 15) is 0 Å². The van der Waals surface area contributed by atoms with E-state index in [4.69, 9.17) is 18.9 Å². The van der Waals surface area contributed by atoms with Crippen molar-refractivity contribution in [3.63, 3.8) is 0 Å². The van der Waals surface area contributed by atoms with Gasteiger partial charge in [-0.25, -0.2) is 0 Å². The second-order valence-electron chi connectivity index (χ2n) is 4.46.